The quantitative estimate of drug-likeness (QED) is 0.0222. The Bertz CT molecular complexity index is 1960. The number of aliphatic hydroxyl groups is 1. The van der Waals surface area contributed by atoms with Crippen LogP contribution in [0.3, 0.4) is 0 Å². The van der Waals surface area contributed by atoms with E-state index in [4.69, 9.17) is 37.0 Å². The van der Waals surface area contributed by atoms with Crippen molar-refractivity contribution in [3.63, 3.8) is 0 Å². The summed E-state index contributed by atoms with van der Waals surface area (Å²) in [4.78, 5) is 73.2. The molecule has 3 unspecified atom stereocenters. The summed E-state index contributed by atoms with van der Waals surface area (Å²) in [6.45, 7) is 5.05. The van der Waals surface area contributed by atoms with Crippen molar-refractivity contribution >= 4 is 39.5 Å². The molecule has 0 bridgehead atoms. The van der Waals surface area contributed by atoms with Crippen LogP contribution in [0.4, 0.5) is 0 Å². The number of phosphoric acid groups is 2. The molecule has 0 saturated heterocycles. The molecular formula is C85H166O17P2. The SMILES string of the molecule is CCCCCCCCCCCCCCCCCCCCCC(=O)OC[C@H](COP(=O)(O)OCC(O)COP(=O)(O)OC[C@@H](COC(=O)CCCCCCCCCCCCC)OC(=O)CCCCCCCCCCCCCCCCC)OC(=O)CCCCCCCCCCCCCCCCCCCCC. The van der Waals surface area contributed by atoms with Crippen LogP contribution in [0.5, 0.6) is 0 Å². The summed E-state index contributed by atoms with van der Waals surface area (Å²) in [5.74, 6) is -2.10. The molecule has 0 spiro atoms. The minimum Gasteiger partial charge on any atom is -0.462 e. The fourth-order valence-electron chi connectivity index (χ4n) is 13.3. The minimum absolute atomic E-state index is 0.109. The van der Waals surface area contributed by atoms with Crippen LogP contribution in [-0.2, 0) is 65.4 Å². The van der Waals surface area contributed by atoms with Crippen molar-refractivity contribution in [3.8, 4) is 0 Å². The van der Waals surface area contributed by atoms with E-state index in [0.717, 1.165) is 89.9 Å². The van der Waals surface area contributed by atoms with Crippen LogP contribution in [0, 0.1) is 0 Å². The number of rotatable bonds is 86. The molecule has 104 heavy (non-hydrogen) atoms. The highest BCUT2D eigenvalue weighted by Crippen LogP contribution is 2.45. The summed E-state index contributed by atoms with van der Waals surface area (Å²) < 4.78 is 68.9. The second kappa shape index (κ2) is 79.2. The van der Waals surface area contributed by atoms with Gasteiger partial charge in [0.1, 0.15) is 19.3 Å². The summed E-state index contributed by atoms with van der Waals surface area (Å²) in [5.41, 5.74) is 0. The van der Waals surface area contributed by atoms with E-state index in [0.29, 0.717) is 25.7 Å². The average Bonchev–Trinajstić information content (AvgIpc) is 0.909. The molecule has 0 aromatic rings. The molecular weight excluding hydrogens is 1350 g/mol. The number of phosphoric ester groups is 2. The van der Waals surface area contributed by atoms with Crippen LogP contribution >= 0.6 is 15.6 Å². The number of aliphatic hydroxyl groups excluding tert-OH is 1. The van der Waals surface area contributed by atoms with Gasteiger partial charge in [-0.2, -0.15) is 0 Å². The summed E-state index contributed by atoms with van der Waals surface area (Å²) in [7, 11) is -9.92. The molecule has 0 aromatic heterocycles. The topological polar surface area (TPSA) is 237 Å². The van der Waals surface area contributed by atoms with E-state index >= 15 is 0 Å². The van der Waals surface area contributed by atoms with Crippen molar-refractivity contribution in [2.75, 3.05) is 39.6 Å². The molecule has 0 aliphatic carbocycles. The summed E-state index contributed by atoms with van der Waals surface area (Å²) in [5, 5.41) is 10.7. The predicted molar refractivity (Wildman–Crippen MR) is 428 cm³/mol. The molecule has 5 atom stereocenters. The molecule has 19 heteroatoms. The lowest BCUT2D eigenvalue weighted by Gasteiger charge is -2.21. The van der Waals surface area contributed by atoms with Crippen LogP contribution in [0.1, 0.15) is 464 Å². The summed E-state index contributed by atoms with van der Waals surface area (Å²) in [6.07, 6.45) is 73.5. The Hall–Kier alpha value is -1.94. The highest BCUT2D eigenvalue weighted by atomic mass is 31.2. The Labute approximate surface area is 638 Å². The predicted octanol–water partition coefficient (Wildman–Crippen LogP) is 26.1. The third-order valence-corrected chi connectivity index (χ3v) is 22.0. The molecule has 0 amide bonds. The van der Waals surface area contributed by atoms with Gasteiger partial charge in [-0.25, -0.2) is 9.13 Å². The van der Waals surface area contributed by atoms with Gasteiger partial charge in [0.05, 0.1) is 26.4 Å². The molecule has 0 fully saturated rings. The second-order valence-corrected chi connectivity index (χ2v) is 33.5. The van der Waals surface area contributed by atoms with E-state index in [2.05, 4.69) is 27.7 Å². The van der Waals surface area contributed by atoms with Crippen LogP contribution in [0.15, 0.2) is 0 Å². The summed E-state index contributed by atoms with van der Waals surface area (Å²) in [6, 6.07) is 0. The zero-order valence-corrected chi connectivity index (χ0v) is 69.8. The Balaban J connectivity index is 5.23. The average molecular weight is 1520 g/mol. The number of ether oxygens (including phenoxy) is 4. The Kier molecular flexibility index (Phi) is 77.7. The van der Waals surface area contributed by atoms with E-state index in [1.54, 1.807) is 0 Å². The van der Waals surface area contributed by atoms with E-state index < -0.39 is 97.5 Å². The first-order valence-corrected chi connectivity index (χ1v) is 47.3. The number of hydrogen-bond donors (Lipinski definition) is 3. The lowest BCUT2D eigenvalue weighted by atomic mass is 10.0. The molecule has 0 aliphatic heterocycles. The molecule has 0 heterocycles. The molecule has 0 saturated carbocycles. The Morgan fingerprint density at radius 2 is 0.385 bits per heavy atom. The van der Waals surface area contributed by atoms with Gasteiger partial charge in [0.25, 0.3) is 0 Å². The summed E-state index contributed by atoms with van der Waals surface area (Å²) >= 11 is 0. The highest BCUT2D eigenvalue weighted by Gasteiger charge is 2.30. The van der Waals surface area contributed by atoms with Gasteiger partial charge in [0, 0.05) is 25.7 Å². The number of unbranched alkanes of at least 4 members (excludes halogenated alkanes) is 60. The lowest BCUT2D eigenvalue weighted by Crippen LogP contribution is -2.30. The van der Waals surface area contributed by atoms with Crippen LogP contribution in [0.2, 0.25) is 0 Å². The van der Waals surface area contributed by atoms with E-state index in [1.165, 1.54) is 295 Å². The highest BCUT2D eigenvalue weighted by molar-refractivity contribution is 7.47. The second-order valence-electron chi connectivity index (χ2n) is 30.6. The van der Waals surface area contributed by atoms with E-state index in [-0.39, 0.29) is 25.7 Å². The number of hydrogen-bond acceptors (Lipinski definition) is 15. The Morgan fingerprint density at radius 3 is 0.567 bits per heavy atom. The third-order valence-electron chi connectivity index (χ3n) is 20.1. The first kappa shape index (κ1) is 102. The normalized spacial score (nSPS) is 13.7. The molecule has 3 N–H and O–H groups in total. The Morgan fingerprint density at radius 1 is 0.231 bits per heavy atom. The smallest absolute Gasteiger partial charge is 0.462 e. The maximum Gasteiger partial charge on any atom is 0.472 e. The van der Waals surface area contributed by atoms with Gasteiger partial charge in [-0.05, 0) is 25.7 Å². The standard InChI is InChI=1S/C85H166O17P2/c1-5-9-13-17-21-25-29-32-35-37-39-41-44-46-50-54-58-62-66-70-83(88)96-76-81(102-85(90)72-68-64-60-56-52-48-45-42-40-38-36-33-30-26-22-18-14-10-6-2)78-100-104(93,94)98-74-79(86)73-97-103(91,92)99-77-80(75-95-82(87)69-65-61-57-53-49-28-24-20-16-12-8-4)101-84(89)71-67-63-59-55-51-47-43-34-31-27-23-19-15-11-7-3/h79-81,86H,5-78H2,1-4H3,(H,91,92)(H,93,94)/t79?,80-,81-/m1/s1. The van der Waals surface area contributed by atoms with Gasteiger partial charge in [0.2, 0.25) is 0 Å². The molecule has 17 nitrogen and oxygen atoms in total. The van der Waals surface area contributed by atoms with Crippen molar-refractivity contribution in [1.29, 1.82) is 0 Å². The van der Waals surface area contributed by atoms with Crippen molar-refractivity contribution in [1.82, 2.24) is 0 Å². The van der Waals surface area contributed by atoms with Gasteiger partial charge in [-0.3, -0.25) is 37.3 Å². The third kappa shape index (κ3) is 78.2. The maximum atomic E-state index is 13.1. The molecule has 0 aromatic carbocycles. The molecule has 0 aliphatic rings. The van der Waals surface area contributed by atoms with Gasteiger partial charge in [0.15, 0.2) is 12.2 Å². The van der Waals surface area contributed by atoms with Crippen molar-refractivity contribution in [2.45, 2.75) is 483 Å². The van der Waals surface area contributed by atoms with Crippen molar-refractivity contribution < 1.29 is 80.2 Å². The molecule has 0 radical (unpaired) electrons. The van der Waals surface area contributed by atoms with Crippen LogP contribution < -0.4 is 0 Å². The van der Waals surface area contributed by atoms with Crippen molar-refractivity contribution in [3.05, 3.63) is 0 Å². The van der Waals surface area contributed by atoms with Gasteiger partial charge < -0.3 is 33.8 Å². The van der Waals surface area contributed by atoms with Crippen LogP contribution in [0.25, 0.3) is 0 Å². The fraction of sp³-hybridized carbons (Fsp3) is 0.953. The van der Waals surface area contributed by atoms with E-state index in [1.807, 2.05) is 0 Å². The largest absolute Gasteiger partial charge is 0.472 e. The fourth-order valence-corrected chi connectivity index (χ4v) is 14.9. The van der Waals surface area contributed by atoms with Crippen molar-refractivity contribution in [2.24, 2.45) is 0 Å². The minimum atomic E-state index is -4.96. The van der Waals surface area contributed by atoms with Gasteiger partial charge >= 0.3 is 39.5 Å². The number of carbonyl (C=O) groups excluding carboxylic acids is 4. The zero-order chi connectivity index (χ0) is 76.0. The monoisotopic (exact) mass is 1520 g/mol. The van der Waals surface area contributed by atoms with Gasteiger partial charge in [-0.15, -0.1) is 0 Å². The van der Waals surface area contributed by atoms with Gasteiger partial charge in [-0.1, -0.05) is 413 Å². The lowest BCUT2D eigenvalue weighted by molar-refractivity contribution is -0.161. The first-order valence-electron chi connectivity index (χ1n) is 44.3. The molecule has 0 rings (SSSR count). The zero-order valence-electron chi connectivity index (χ0n) is 68.0. The maximum absolute atomic E-state index is 13.1. The number of esters is 4. The first-order chi connectivity index (χ1) is 50.7. The van der Waals surface area contributed by atoms with E-state index in [9.17, 15) is 43.2 Å². The van der Waals surface area contributed by atoms with Crippen LogP contribution in [-0.4, -0.2) is 96.7 Å². The molecule has 618 valence electrons. The number of carbonyl (C=O) groups is 4.